The van der Waals surface area contributed by atoms with Crippen molar-refractivity contribution in [3.63, 3.8) is 0 Å². The third-order valence-electron chi connectivity index (χ3n) is 11.5. The average Bonchev–Trinajstić information content (AvgIpc) is 3.94. The Labute approximate surface area is 285 Å². The van der Waals surface area contributed by atoms with Crippen molar-refractivity contribution in [2.45, 2.75) is 82.6 Å². The van der Waals surface area contributed by atoms with Crippen LogP contribution in [-0.2, 0) is 11.3 Å². The van der Waals surface area contributed by atoms with Gasteiger partial charge in [-0.1, -0.05) is 36.4 Å². The zero-order valence-electron chi connectivity index (χ0n) is 28.5. The molecule has 2 aliphatic heterocycles. The predicted molar refractivity (Wildman–Crippen MR) is 187 cm³/mol. The summed E-state index contributed by atoms with van der Waals surface area (Å²) < 4.78 is 17.3. The van der Waals surface area contributed by atoms with Crippen LogP contribution in [0.4, 0.5) is 4.39 Å². The van der Waals surface area contributed by atoms with Gasteiger partial charge in [0.2, 0.25) is 0 Å². The van der Waals surface area contributed by atoms with E-state index in [-0.39, 0.29) is 34.6 Å². The van der Waals surface area contributed by atoms with Gasteiger partial charge in [-0.2, -0.15) is 0 Å². The second-order valence-corrected chi connectivity index (χ2v) is 14.6. The second-order valence-electron chi connectivity index (χ2n) is 14.6. The van der Waals surface area contributed by atoms with Crippen LogP contribution in [0.5, 0.6) is 0 Å². The Kier molecular flexibility index (Phi) is 8.04. The molecule has 2 saturated carbocycles. The van der Waals surface area contributed by atoms with Crippen LogP contribution in [0.25, 0.3) is 27.8 Å². The summed E-state index contributed by atoms with van der Waals surface area (Å²) >= 11 is 0. The molecule has 1 spiro atoms. The van der Waals surface area contributed by atoms with Crippen LogP contribution < -0.4 is 11.2 Å². The van der Waals surface area contributed by atoms with Gasteiger partial charge in [0.1, 0.15) is 11.4 Å². The van der Waals surface area contributed by atoms with Gasteiger partial charge in [0.15, 0.2) is 5.65 Å². The molecule has 0 atom stereocenters. The number of hydrogen-bond acceptors (Lipinski definition) is 7. The Bertz CT molecular complexity index is 2020. The monoisotopic (exact) mass is 665 g/mol. The summed E-state index contributed by atoms with van der Waals surface area (Å²) in [6.45, 7) is 9.70. The molecule has 11 heteroatoms. The molecule has 2 aromatic carbocycles. The Morgan fingerprint density at radius 3 is 2.22 bits per heavy atom. The summed E-state index contributed by atoms with van der Waals surface area (Å²) in [5.74, 6) is -0.436. The first kappa shape index (κ1) is 32.0. The molecule has 1 amide bonds. The molecule has 4 fully saturated rings. The molecule has 8 rings (SSSR count). The number of hydrogen-bond donors (Lipinski definition) is 0. The number of likely N-dealkylation sites (N-methyl/N-ethyl adjacent to an activating group) is 1. The highest BCUT2D eigenvalue weighted by Gasteiger charge is 2.66. The summed E-state index contributed by atoms with van der Waals surface area (Å²) in [6.07, 6.45) is 5.37. The molecule has 10 nitrogen and oxygen atoms in total. The van der Waals surface area contributed by atoms with E-state index in [0.29, 0.717) is 37.4 Å². The minimum Gasteiger partial charge on any atom is -0.298 e. The topological polar surface area (TPSA) is 86.9 Å². The molecule has 2 aliphatic carbocycles. The van der Waals surface area contributed by atoms with Crippen LogP contribution in [-0.4, -0.2) is 90.7 Å². The maximum atomic E-state index is 14.5. The number of hydrazine groups is 1. The van der Waals surface area contributed by atoms with Crippen LogP contribution in [0.15, 0.2) is 70.4 Å². The van der Waals surface area contributed by atoms with Gasteiger partial charge in [0, 0.05) is 57.9 Å². The third kappa shape index (κ3) is 5.52. The number of amides is 1. The van der Waals surface area contributed by atoms with Gasteiger partial charge in [-0.15, -0.1) is 0 Å². The Morgan fingerprint density at radius 2 is 1.57 bits per heavy atom. The van der Waals surface area contributed by atoms with Crippen molar-refractivity contribution in [3.05, 3.63) is 93.0 Å². The van der Waals surface area contributed by atoms with E-state index >= 15 is 0 Å². The minimum absolute atomic E-state index is 0.0515. The summed E-state index contributed by atoms with van der Waals surface area (Å²) in [5.41, 5.74) is 2.58. The quantitative estimate of drug-likeness (QED) is 0.286. The summed E-state index contributed by atoms with van der Waals surface area (Å²) in [7, 11) is 1.98. The second kappa shape index (κ2) is 12.3. The van der Waals surface area contributed by atoms with Gasteiger partial charge in [-0.05, 0) is 87.3 Å². The molecule has 256 valence electrons. The van der Waals surface area contributed by atoms with E-state index in [1.54, 1.807) is 0 Å². The first-order valence-electron chi connectivity index (χ1n) is 17.7. The lowest BCUT2D eigenvalue weighted by atomic mass is 9.89. The maximum Gasteiger partial charge on any atom is 0.337 e. The average molecular weight is 666 g/mol. The first-order valence-corrected chi connectivity index (χ1v) is 17.7. The number of carbonyl (C=O) groups is 1. The molecule has 2 aromatic heterocycles. The SMILES string of the molecule is CC(C)N1CCN(Cc2ccc(-c3cccc(-n4c(=O)n(C5CCC(N6C(=O)C7(CC7)N6C)CC5)c(=O)c5cc(F)cnc54)c3)cc2)CC1. The minimum atomic E-state index is -0.631. The highest BCUT2D eigenvalue weighted by Crippen LogP contribution is 2.52. The summed E-state index contributed by atoms with van der Waals surface area (Å²) in [6, 6.07) is 17.6. The highest BCUT2D eigenvalue weighted by atomic mass is 19.1. The smallest absolute Gasteiger partial charge is 0.298 e. The van der Waals surface area contributed by atoms with E-state index in [4.69, 9.17) is 0 Å². The van der Waals surface area contributed by atoms with Crippen molar-refractivity contribution in [1.29, 1.82) is 0 Å². The van der Waals surface area contributed by atoms with E-state index < -0.39 is 17.1 Å². The van der Waals surface area contributed by atoms with Crippen molar-refractivity contribution in [2.24, 2.45) is 0 Å². The van der Waals surface area contributed by atoms with Crippen LogP contribution >= 0.6 is 0 Å². The van der Waals surface area contributed by atoms with Gasteiger partial charge < -0.3 is 0 Å². The fraction of sp³-hybridized carbons (Fsp3) is 0.474. The Balaban J connectivity index is 1.06. The van der Waals surface area contributed by atoms with E-state index in [0.717, 1.165) is 62.9 Å². The fourth-order valence-corrected chi connectivity index (χ4v) is 8.34. The number of carbonyl (C=O) groups excluding carboxylic acids is 1. The number of rotatable bonds is 7. The molecule has 4 heterocycles. The zero-order valence-corrected chi connectivity index (χ0v) is 28.5. The molecule has 4 aliphatic rings. The standard InChI is InChI=1S/C38H44FN7O3/c1-25(2)43-19-17-42(18-20-43)24-26-7-9-27(10-8-26)28-5-4-6-32(21-28)44-34-33(22-29(39)23-40-34)35(47)45(37(44)49)30-11-13-31(14-12-30)46-36(48)38(15-16-38)41(46)3/h4-10,21-23,25,30-31H,11-20,24H2,1-3H3. The van der Waals surface area contributed by atoms with Crippen LogP contribution in [0.1, 0.15) is 64.0 Å². The predicted octanol–water partition coefficient (Wildman–Crippen LogP) is 4.58. The molecular formula is C38H44FN7O3. The largest absolute Gasteiger partial charge is 0.337 e. The number of benzene rings is 2. The number of piperazine rings is 1. The van der Waals surface area contributed by atoms with Crippen LogP contribution in [0.2, 0.25) is 0 Å². The first-order chi connectivity index (χ1) is 23.6. The Hall–Kier alpha value is -4.19. The third-order valence-corrected chi connectivity index (χ3v) is 11.5. The number of aromatic nitrogens is 3. The van der Waals surface area contributed by atoms with E-state index in [1.165, 1.54) is 20.8 Å². The molecular weight excluding hydrogens is 621 g/mol. The summed E-state index contributed by atoms with van der Waals surface area (Å²) in [4.78, 5) is 50.3. The van der Waals surface area contributed by atoms with Gasteiger partial charge in [-0.25, -0.2) is 23.7 Å². The number of fused-ring (bicyclic) bond motifs is 1. The number of nitrogens with zero attached hydrogens (tertiary/aromatic N) is 7. The normalized spacial score (nSPS) is 23.0. The molecule has 2 saturated heterocycles. The van der Waals surface area contributed by atoms with Crippen molar-refractivity contribution in [3.8, 4) is 16.8 Å². The highest BCUT2D eigenvalue weighted by molar-refractivity contribution is 5.94. The van der Waals surface area contributed by atoms with E-state index in [9.17, 15) is 18.8 Å². The lowest BCUT2D eigenvalue weighted by Gasteiger charge is -2.53. The van der Waals surface area contributed by atoms with Gasteiger partial charge in [0.25, 0.3) is 11.5 Å². The van der Waals surface area contributed by atoms with Gasteiger partial charge in [-0.3, -0.25) is 29.0 Å². The van der Waals surface area contributed by atoms with Gasteiger partial charge in [0.05, 0.1) is 17.3 Å². The lowest BCUT2D eigenvalue weighted by Crippen LogP contribution is -2.72. The maximum absolute atomic E-state index is 14.5. The van der Waals surface area contributed by atoms with E-state index in [1.807, 2.05) is 36.3 Å². The molecule has 0 N–H and O–H groups in total. The van der Waals surface area contributed by atoms with Crippen molar-refractivity contribution in [2.75, 3.05) is 33.2 Å². The molecule has 0 bridgehead atoms. The molecule has 49 heavy (non-hydrogen) atoms. The lowest BCUT2D eigenvalue weighted by molar-refractivity contribution is -0.207. The number of halogens is 1. The Morgan fingerprint density at radius 1 is 0.878 bits per heavy atom. The number of pyridine rings is 1. The zero-order chi connectivity index (χ0) is 34.0. The van der Waals surface area contributed by atoms with E-state index in [2.05, 4.69) is 57.9 Å². The summed E-state index contributed by atoms with van der Waals surface area (Å²) in [5, 5.41) is 4.02. The molecule has 4 aromatic rings. The molecule has 0 unspecified atom stereocenters. The van der Waals surface area contributed by atoms with Crippen LogP contribution in [0.3, 0.4) is 0 Å². The van der Waals surface area contributed by atoms with Crippen LogP contribution in [0, 0.1) is 5.82 Å². The fourth-order valence-electron chi connectivity index (χ4n) is 8.34. The van der Waals surface area contributed by atoms with Crippen molar-refractivity contribution >= 4 is 16.9 Å². The van der Waals surface area contributed by atoms with Gasteiger partial charge >= 0.3 is 5.69 Å². The molecule has 0 radical (unpaired) electrons. The van der Waals surface area contributed by atoms with Crippen molar-refractivity contribution < 1.29 is 9.18 Å². The van der Waals surface area contributed by atoms with Crippen molar-refractivity contribution in [1.82, 2.24) is 33.9 Å².